The Bertz CT molecular complexity index is 436. The largest absolute Gasteiger partial charge is 0.493 e. The molecule has 1 aliphatic rings. The molecule has 1 fully saturated rings. The maximum atomic E-state index is 10.00. The van der Waals surface area contributed by atoms with Crippen LogP contribution < -0.4 is 14.8 Å². The molecule has 1 saturated carbocycles. The lowest BCUT2D eigenvalue weighted by Gasteiger charge is -2.27. The molecule has 1 aromatic carbocycles. The molecule has 1 aromatic rings. The van der Waals surface area contributed by atoms with Crippen LogP contribution in [0.15, 0.2) is 18.2 Å². The zero-order valence-corrected chi connectivity index (χ0v) is 13.1. The molecule has 0 aromatic heterocycles. The Labute approximate surface area is 127 Å². The zero-order chi connectivity index (χ0) is 15.1. The smallest absolute Gasteiger partial charge is 0.165 e. The van der Waals surface area contributed by atoms with Crippen LogP contribution in [0, 0.1) is 5.92 Å². The van der Waals surface area contributed by atoms with E-state index >= 15 is 0 Å². The number of rotatable bonds is 7. The highest BCUT2D eigenvalue weighted by Crippen LogP contribution is 2.31. The minimum absolute atomic E-state index is 0.150. The fraction of sp³-hybridized carbons (Fsp3) is 0.647. The van der Waals surface area contributed by atoms with Gasteiger partial charge in [-0.1, -0.05) is 25.0 Å². The van der Waals surface area contributed by atoms with Crippen molar-refractivity contribution < 1.29 is 14.6 Å². The van der Waals surface area contributed by atoms with Gasteiger partial charge in [0.2, 0.25) is 0 Å². The van der Waals surface area contributed by atoms with Gasteiger partial charge in [-0.05, 0) is 31.7 Å². The molecule has 0 saturated heterocycles. The van der Waals surface area contributed by atoms with Gasteiger partial charge in [-0.25, -0.2) is 0 Å². The molecular formula is C17H27NO3. The molecule has 0 aliphatic heterocycles. The minimum atomic E-state index is -0.150. The van der Waals surface area contributed by atoms with E-state index in [9.17, 15) is 5.11 Å². The van der Waals surface area contributed by atoms with Crippen LogP contribution in [-0.2, 0) is 6.54 Å². The van der Waals surface area contributed by atoms with Crippen molar-refractivity contribution in [1.82, 2.24) is 5.32 Å². The Kier molecular flexibility index (Phi) is 6.33. The first-order valence-corrected chi connectivity index (χ1v) is 7.93. The van der Waals surface area contributed by atoms with E-state index in [1.165, 1.54) is 6.42 Å². The van der Waals surface area contributed by atoms with E-state index in [2.05, 4.69) is 5.32 Å². The van der Waals surface area contributed by atoms with Crippen molar-refractivity contribution in [2.45, 2.75) is 45.3 Å². The quantitative estimate of drug-likeness (QED) is 0.811. The summed E-state index contributed by atoms with van der Waals surface area (Å²) in [6, 6.07) is 5.96. The number of hydrogen-bond acceptors (Lipinski definition) is 4. The van der Waals surface area contributed by atoms with E-state index in [0.717, 1.165) is 49.4 Å². The van der Waals surface area contributed by atoms with Gasteiger partial charge in [-0.3, -0.25) is 0 Å². The number of ether oxygens (including phenoxy) is 2. The van der Waals surface area contributed by atoms with Gasteiger partial charge in [0.15, 0.2) is 11.5 Å². The number of para-hydroxylation sites is 1. The SMILES string of the molecule is CCOc1cccc(CNCC2CCCCC2O)c1OC. The van der Waals surface area contributed by atoms with E-state index in [0.29, 0.717) is 12.5 Å². The Balaban J connectivity index is 1.91. The first-order valence-electron chi connectivity index (χ1n) is 7.93. The van der Waals surface area contributed by atoms with Crippen molar-refractivity contribution in [2.75, 3.05) is 20.3 Å². The second-order valence-electron chi connectivity index (χ2n) is 5.62. The molecule has 0 amide bonds. The monoisotopic (exact) mass is 293 g/mol. The molecular weight excluding hydrogens is 266 g/mol. The number of aliphatic hydroxyl groups is 1. The van der Waals surface area contributed by atoms with E-state index in [1.807, 2.05) is 25.1 Å². The van der Waals surface area contributed by atoms with Crippen molar-refractivity contribution in [3.05, 3.63) is 23.8 Å². The number of hydrogen-bond donors (Lipinski definition) is 2. The maximum Gasteiger partial charge on any atom is 0.165 e. The summed E-state index contributed by atoms with van der Waals surface area (Å²) in [5.74, 6) is 1.97. The van der Waals surface area contributed by atoms with E-state index < -0.39 is 0 Å². The average molecular weight is 293 g/mol. The van der Waals surface area contributed by atoms with Crippen LogP contribution in [0.3, 0.4) is 0 Å². The molecule has 4 heteroatoms. The standard InChI is InChI=1S/C17H27NO3/c1-3-21-16-10-6-8-14(17(16)20-2)12-18-11-13-7-4-5-9-15(13)19/h6,8,10,13,15,18-19H,3-5,7,9,11-12H2,1-2H3. The molecule has 2 unspecified atom stereocenters. The molecule has 1 aliphatic carbocycles. The van der Waals surface area contributed by atoms with E-state index in [-0.39, 0.29) is 6.10 Å². The predicted molar refractivity (Wildman–Crippen MR) is 83.8 cm³/mol. The van der Waals surface area contributed by atoms with Crippen LogP contribution in [-0.4, -0.2) is 31.5 Å². The number of aliphatic hydroxyl groups excluding tert-OH is 1. The second-order valence-corrected chi connectivity index (χ2v) is 5.62. The Hall–Kier alpha value is -1.26. The van der Waals surface area contributed by atoms with Crippen LogP contribution in [0.25, 0.3) is 0 Å². The van der Waals surface area contributed by atoms with Gasteiger partial charge in [0, 0.05) is 18.7 Å². The van der Waals surface area contributed by atoms with Crippen LogP contribution in [0.4, 0.5) is 0 Å². The molecule has 0 bridgehead atoms. The molecule has 118 valence electrons. The molecule has 2 atom stereocenters. The third kappa shape index (κ3) is 4.35. The molecule has 4 nitrogen and oxygen atoms in total. The normalized spacial score (nSPS) is 22.0. The van der Waals surface area contributed by atoms with Crippen LogP contribution >= 0.6 is 0 Å². The van der Waals surface area contributed by atoms with Gasteiger partial charge in [0.1, 0.15) is 0 Å². The molecule has 2 rings (SSSR count). The van der Waals surface area contributed by atoms with Gasteiger partial charge in [0.25, 0.3) is 0 Å². The molecule has 21 heavy (non-hydrogen) atoms. The van der Waals surface area contributed by atoms with Crippen molar-refractivity contribution in [1.29, 1.82) is 0 Å². The highest BCUT2D eigenvalue weighted by atomic mass is 16.5. The first kappa shape index (κ1) is 16.1. The van der Waals surface area contributed by atoms with Gasteiger partial charge >= 0.3 is 0 Å². The Morgan fingerprint density at radius 2 is 2.10 bits per heavy atom. The summed E-state index contributed by atoms with van der Waals surface area (Å²) in [6.07, 6.45) is 4.29. The summed E-state index contributed by atoms with van der Waals surface area (Å²) >= 11 is 0. The summed E-state index contributed by atoms with van der Waals surface area (Å²) in [5, 5.41) is 13.4. The summed E-state index contributed by atoms with van der Waals surface area (Å²) in [6.45, 7) is 4.17. The van der Waals surface area contributed by atoms with E-state index in [4.69, 9.17) is 9.47 Å². The third-order valence-electron chi connectivity index (χ3n) is 4.16. The fourth-order valence-corrected chi connectivity index (χ4v) is 3.02. The molecule has 0 spiro atoms. The van der Waals surface area contributed by atoms with Gasteiger partial charge in [-0.15, -0.1) is 0 Å². The number of nitrogens with one attached hydrogen (secondary N) is 1. The summed E-state index contributed by atoms with van der Waals surface area (Å²) in [7, 11) is 1.67. The molecule has 0 radical (unpaired) electrons. The van der Waals surface area contributed by atoms with Gasteiger partial charge < -0.3 is 19.9 Å². The maximum absolute atomic E-state index is 10.00. The third-order valence-corrected chi connectivity index (χ3v) is 4.16. The minimum Gasteiger partial charge on any atom is -0.493 e. The van der Waals surface area contributed by atoms with Crippen LogP contribution in [0.1, 0.15) is 38.2 Å². The zero-order valence-electron chi connectivity index (χ0n) is 13.1. The highest BCUT2D eigenvalue weighted by Gasteiger charge is 2.22. The van der Waals surface area contributed by atoms with Gasteiger partial charge in [-0.2, -0.15) is 0 Å². The van der Waals surface area contributed by atoms with Gasteiger partial charge in [0.05, 0.1) is 19.8 Å². The number of benzene rings is 1. The van der Waals surface area contributed by atoms with E-state index in [1.54, 1.807) is 7.11 Å². The lowest BCUT2D eigenvalue weighted by atomic mass is 9.86. The molecule has 2 N–H and O–H groups in total. The lowest BCUT2D eigenvalue weighted by molar-refractivity contribution is 0.0695. The fourth-order valence-electron chi connectivity index (χ4n) is 3.02. The highest BCUT2D eigenvalue weighted by molar-refractivity contribution is 5.46. The average Bonchev–Trinajstić information content (AvgIpc) is 2.50. The summed E-state index contributed by atoms with van der Waals surface area (Å²) < 4.78 is 11.1. The van der Waals surface area contributed by atoms with Crippen molar-refractivity contribution in [3.63, 3.8) is 0 Å². The number of methoxy groups -OCH3 is 1. The Morgan fingerprint density at radius 3 is 2.81 bits per heavy atom. The van der Waals surface area contributed by atoms with Crippen LogP contribution in [0.5, 0.6) is 11.5 Å². The second kappa shape index (κ2) is 8.25. The van der Waals surface area contributed by atoms with Crippen molar-refractivity contribution in [3.8, 4) is 11.5 Å². The summed E-state index contributed by atoms with van der Waals surface area (Å²) in [4.78, 5) is 0. The Morgan fingerprint density at radius 1 is 1.29 bits per heavy atom. The molecule has 0 heterocycles. The predicted octanol–water partition coefficient (Wildman–Crippen LogP) is 2.73. The van der Waals surface area contributed by atoms with Crippen LogP contribution in [0.2, 0.25) is 0 Å². The van der Waals surface area contributed by atoms with Crippen molar-refractivity contribution in [2.24, 2.45) is 5.92 Å². The topological polar surface area (TPSA) is 50.7 Å². The van der Waals surface area contributed by atoms with Crippen molar-refractivity contribution >= 4 is 0 Å². The lowest BCUT2D eigenvalue weighted by Crippen LogP contribution is -2.33. The first-order chi connectivity index (χ1) is 10.3. The summed E-state index contributed by atoms with van der Waals surface area (Å²) in [5.41, 5.74) is 1.09.